The largest absolute Gasteiger partial charge is 0.245 e. The van der Waals surface area contributed by atoms with Crippen molar-refractivity contribution < 1.29 is 0 Å². The van der Waals surface area contributed by atoms with Crippen molar-refractivity contribution in [2.45, 2.75) is 0 Å². The maximum Gasteiger partial charge on any atom is 0.0991 e. The number of nitriles is 1. The Kier molecular flexibility index (Phi) is 3.85. The van der Waals surface area contributed by atoms with Gasteiger partial charge in [-0.05, 0) is 30.3 Å². The van der Waals surface area contributed by atoms with Gasteiger partial charge in [0.1, 0.15) is 0 Å². The maximum atomic E-state index is 8.27. The first-order valence-corrected chi connectivity index (χ1v) is 5.92. The van der Waals surface area contributed by atoms with Gasteiger partial charge in [-0.1, -0.05) is 24.3 Å². The molecule has 1 heterocycles. The van der Waals surface area contributed by atoms with Gasteiger partial charge in [-0.15, -0.1) is 11.3 Å². The van der Waals surface area contributed by atoms with E-state index in [0.717, 1.165) is 5.52 Å². The molecule has 0 aliphatic rings. The van der Waals surface area contributed by atoms with Crippen LogP contribution in [0.2, 0.25) is 0 Å². The van der Waals surface area contributed by atoms with Crippen molar-refractivity contribution >= 4 is 21.6 Å². The Morgan fingerprint density at radius 2 is 1.88 bits per heavy atom. The van der Waals surface area contributed by atoms with Crippen molar-refractivity contribution in [2.24, 2.45) is 0 Å². The summed E-state index contributed by atoms with van der Waals surface area (Å²) in [6.07, 6.45) is 0. The van der Waals surface area contributed by atoms with Crippen LogP contribution in [0.4, 0.5) is 0 Å². The minimum absolute atomic E-state index is 0.684. The second-order valence-corrected chi connectivity index (χ2v) is 4.11. The molecular weight excluding hydrogens is 228 g/mol. The van der Waals surface area contributed by atoms with Gasteiger partial charge in [-0.2, -0.15) is 5.26 Å². The number of para-hydroxylation sites is 1. The molecule has 0 aliphatic heterocycles. The van der Waals surface area contributed by atoms with Crippen molar-refractivity contribution in [1.82, 2.24) is 4.98 Å². The standard InChI is InChI=1S/C7H5NS.C7H4N/c1-2-4-7-6(3-1)8-5-9-7;8-6-7-4-2-1-3-5-7/h1-5H;2-5H. The van der Waals surface area contributed by atoms with Gasteiger partial charge in [0.05, 0.1) is 27.4 Å². The zero-order chi connectivity index (χ0) is 11.9. The van der Waals surface area contributed by atoms with Crippen LogP contribution in [0.3, 0.4) is 0 Å². The first kappa shape index (κ1) is 11.3. The number of thiazole rings is 1. The Morgan fingerprint density at radius 1 is 1.12 bits per heavy atom. The van der Waals surface area contributed by atoms with Gasteiger partial charge in [-0.3, -0.25) is 0 Å². The summed E-state index contributed by atoms with van der Waals surface area (Å²) < 4.78 is 1.26. The van der Waals surface area contributed by atoms with Crippen LogP contribution in [0.1, 0.15) is 5.56 Å². The lowest BCUT2D eigenvalue weighted by Crippen LogP contribution is -1.66. The summed E-state index contributed by atoms with van der Waals surface area (Å²) >= 11 is 1.68. The van der Waals surface area contributed by atoms with Gasteiger partial charge >= 0.3 is 0 Å². The van der Waals surface area contributed by atoms with Gasteiger partial charge in [0, 0.05) is 0 Å². The van der Waals surface area contributed by atoms with Gasteiger partial charge in [0.25, 0.3) is 0 Å². The number of fused-ring (bicyclic) bond motifs is 1. The van der Waals surface area contributed by atoms with E-state index in [0.29, 0.717) is 5.56 Å². The number of nitrogens with zero attached hydrogens (tertiary/aromatic N) is 2. The Hall–Kier alpha value is -2.18. The van der Waals surface area contributed by atoms with E-state index in [-0.39, 0.29) is 0 Å². The average molecular weight is 237 g/mol. The molecule has 0 N–H and O–H groups in total. The fraction of sp³-hybridized carbons (Fsp3) is 0. The number of aromatic nitrogens is 1. The summed E-state index contributed by atoms with van der Waals surface area (Å²) in [5.41, 5.74) is 3.65. The van der Waals surface area contributed by atoms with Crippen molar-refractivity contribution in [3.05, 3.63) is 65.7 Å². The third-order valence-electron chi connectivity index (χ3n) is 2.08. The lowest BCUT2D eigenvalue weighted by Gasteiger charge is -1.80. The molecule has 0 fully saturated rings. The van der Waals surface area contributed by atoms with Crippen LogP contribution in [0.25, 0.3) is 10.2 Å². The zero-order valence-corrected chi connectivity index (χ0v) is 9.82. The van der Waals surface area contributed by atoms with Crippen molar-refractivity contribution in [2.75, 3.05) is 0 Å². The fourth-order valence-electron chi connectivity index (χ4n) is 1.26. The zero-order valence-electron chi connectivity index (χ0n) is 9.00. The second-order valence-electron chi connectivity index (χ2n) is 3.22. The van der Waals surface area contributed by atoms with Gasteiger partial charge in [-0.25, -0.2) is 4.98 Å². The number of hydrogen-bond acceptors (Lipinski definition) is 3. The highest BCUT2D eigenvalue weighted by atomic mass is 32.1. The molecule has 0 atom stereocenters. The summed E-state index contributed by atoms with van der Waals surface area (Å²) in [5, 5.41) is 8.27. The molecule has 2 nitrogen and oxygen atoms in total. The van der Waals surface area contributed by atoms with Crippen LogP contribution in [-0.4, -0.2) is 4.98 Å². The number of hydrogen-bond donors (Lipinski definition) is 0. The number of rotatable bonds is 0. The lowest BCUT2D eigenvalue weighted by molar-refractivity contribution is 1.48. The smallest absolute Gasteiger partial charge is 0.0991 e. The van der Waals surface area contributed by atoms with E-state index >= 15 is 0 Å². The molecule has 0 bridgehead atoms. The Bertz CT molecular complexity index is 593. The molecule has 3 rings (SSSR count). The highest BCUT2D eigenvalue weighted by molar-refractivity contribution is 7.16. The first-order chi connectivity index (χ1) is 8.40. The second kappa shape index (κ2) is 5.78. The van der Waals surface area contributed by atoms with Crippen molar-refractivity contribution in [3.8, 4) is 6.07 Å². The minimum atomic E-state index is 0.684. The molecule has 17 heavy (non-hydrogen) atoms. The van der Waals surface area contributed by atoms with Crippen LogP contribution in [-0.2, 0) is 0 Å². The predicted molar refractivity (Wildman–Crippen MR) is 69.6 cm³/mol. The van der Waals surface area contributed by atoms with E-state index in [2.05, 4.69) is 17.1 Å². The molecule has 1 radical (unpaired) electrons. The summed E-state index contributed by atoms with van der Waals surface area (Å²) in [7, 11) is 0. The van der Waals surface area contributed by atoms with Crippen LogP contribution in [0.5, 0.6) is 0 Å². The Labute approximate surface area is 104 Å². The van der Waals surface area contributed by atoms with Crippen LogP contribution < -0.4 is 0 Å². The van der Waals surface area contributed by atoms with Crippen LogP contribution in [0, 0.1) is 17.4 Å². The maximum absolute atomic E-state index is 8.27. The summed E-state index contributed by atoms with van der Waals surface area (Å²) in [5.74, 6) is 0. The van der Waals surface area contributed by atoms with E-state index in [1.54, 1.807) is 35.6 Å². The highest BCUT2D eigenvalue weighted by Crippen LogP contribution is 2.15. The van der Waals surface area contributed by atoms with E-state index in [9.17, 15) is 0 Å². The molecular formula is C14H9N2S. The van der Waals surface area contributed by atoms with Crippen LogP contribution in [0.15, 0.2) is 54.0 Å². The predicted octanol–water partition coefficient (Wildman–Crippen LogP) is 3.65. The molecule has 3 heteroatoms. The van der Waals surface area contributed by atoms with E-state index < -0.39 is 0 Å². The third kappa shape index (κ3) is 3.13. The minimum Gasteiger partial charge on any atom is -0.245 e. The van der Waals surface area contributed by atoms with Gasteiger partial charge < -0.3 is 0 Å². The summed E-state index contributed by atoms with van der Waals surface area (Å²) in [4.78, 5) is 4.14. The third-order valence-corrected chi connectivity index (χ3v) is 2.89. The average Bonchev–Trinajstić information content (AvgIpc) is 2.89. The summed E-state index contributed by atoms with van der Waals surface area (Å²) in [6, 6.07) is 19.8. The molecule has 3 aromatic rings. The topological polar surface area (TPSA) is 36.7 Å². The van der Waals surface area contributed by atoms with Crippen molar-refractivity contribution in [1.29, 1.82) is 5.26 Å². The Balaban J connectivity index is 0.000000128. The molecule has 1 aromatic heterocycles. The van der Waals surface area contributed by atoms with Gasteiger partial charge in [0.15, 0.2) is 0 Å². The summed E-state index contributed by atoms with van der Waals surface area (Å²) in [6.45, 7) is 0. The van der Waals surface area contributed by atoms with E-state index in [1.807, 2.05) is 29.8 Å². The fourth-order valence-corrected chi connectivity index (χ4v) is 1.94. The SMILES string of the molecule is N#Cc1cc[c]cc1.c1ccc2scnc2c1. The molecule has 2 aromatic carbocycles. The number of benzene rings is 2. The monoisotopic (exact) mass is 237 g/mol. The van der Waals surface area contributed by atoms with Gasteiger partial charge in [0.2, 0.25) is 0 Å². The molecule has 0 saturated carbocycles. The lowest BCUT2D eigenvalue weighted by atomic mass is 10.2. The normalized spacial score (nSPS) is 9.12. The molecule has 0 spiro atoms. The van der Waals surface area contributed by atoms with Crippen LogP contribution >= 0.6 is 11.3 Å². The highest BCUT2D eigenvalue weighted by Gasteiger charge is 1.89. The quantitative estimate of drug-likeness (QED) is 0.598. The first-order valence-electron chi connectivity index (χ1n) is 5.04. The molecule has 0 aliphatic carbocycles. The Morgan fingerprint density at radius 3 is 2.53 bits per heavy atom. The van der Waals surface area contributed by atoms with E-state index in [1.165, 1.54) is 4.70 Å². The van der Waals surface area contributed by atoms with Crippen molar-refractivity contribution in [3.63, 3.8) is 0 Å². The molecule has 0 unspecified atom stereocenters. The molecule has 0 amide bonds. The molecule has 81 valence electrons. The molecule has 0 saturated heterocycles. The van der Waals surface area contributed by atoms with E-state index in [4.69, 9.17) is 5.26 Å².